The standard InChI is InChI=1S/C15H21N3O3S/c1-3-21-8-4-7-16-14(19)10-22-15-17-12-6-5-11(20-2)9-13(12)18-15/h5-6,9H,3-4,7-8,10H2,1-2H3,(H,16,19)(H,17,18). The van der Waals surface area contributed by atoms with Gasteiger partial charge < -0.3 is 19.8 Å². The van der Waals surface area contributed by atoms with Gasteiger partial charge >= 0.3 is 0 Å². The molecule has 0 aliphatic rings. The van der Waals surface area contributed by atoms with E-state index in [9.17, 15) is 4.79 Å². The van der Waals surface area contributed by atoms with E-state index < -0.39 is 0 Å². The molecule has 0 fully saturated rings. The smallest absolute Gasteiger partial charge is 0.230 e. The number of imidazole rings is 1. The number of nitrogens with one attached hydrogen (secondary N) is 2. The first-order valence-corrected chi connectivity index (χ1v) is 8.22. The zero-order chi connectivity index (χ0) is 15.8. The molecule has 0 aliphatic carbocycles. The molecule has 2 N–H and O–H groups in total. The van der Waals surface area contributed by atoms with Crippen LogP contribution in [-0.2, 0) is 9.53 Å². The number of benzene rings is 1. The molecule has 6 nitrogen and oxygen atoms in total. The van der Waals surface area contributed by atoms with Crippen molar-refractivity contribution < 1.29 is 14.3 Å². The first-order chi connectivity index (χ1) is 10.7. The molecule has 2 rings (SSSR count). The van der Waals surface area contributed by atoms with Gasteiger partial charge in [0.25, 0.3) is 0 Å². The van der Waals surface area contributed by atoms with Crippen molar-refractivity contribution in [3.05, 3.63) is 18.2 Å². The van der Waals surface area contributed by atoms with Crippen LogP contribution in [0, 0.1) is 0 Å². The van der Waals surface area contributed by atoms with Gasteiger partial charge in [-0.1, -0.05) is 11.8 Å². The van der Waals surface area contributed by atoms with E-state index >= 15 is 0 Å². The number of aromatic nitrogens is 2. The van der Waals surface area contributed by atoms with Crippen LogP contribution in [-0.4, -0.2) is 48.5 Å². The molecule has 0 saturated carbocycles. The summed E-state index contributed by atoms with van der Waals surface area (Å²) in [4.78, 5) is 19.3. The third-order valence-corrected chi connectivity index (χ3v) is 3.87. The molecule has 0 unspecified atom stereocenters. The lowest BCUT2D eigenvalue weighted by Gasteiger charge is -2.04. The van der Waals surface area contributed by atoms with E-state index in [1.165, 1.54) is 11.8 Å². The predicted octanol–water partition coefficient (Wildman–Crippen LogP) is 2.21. The van der Waals surface area contributed by atoms with Gasteiger partial charge in [0, 0.05) is 25.8 Å². The van der Waals surface area contributed by atoms with Crippen molar-refractivity contribution in [2.45, 2.75) is 18.5 Å². The Labute approximate surface area is 134 Å². The van der Waals surface area contributed by atoms with Gasteiger partial charge in [-0.05, 0) is 25.5 Å². The number of amides is 1. The Kier molecular flexibility index (Phi) is 6.54. The number of carbonyl (C=O) groups is 1. The van der Waals surface area contributed by atoms with Crippen LogP contribution in [0.15, 0.2) is 23.4 Å². The summed E-state index contributed by atoms with van der Waals surface area (Å²) in [5, 5.41) is 3.59. The molecular formula is C15H21N3O3S. The van der Waals surface area contributed by atoms with Gasteiger partial charge in [-0.15, -0.1) is 0 Å². The molecule has 0 atom stereocenters. The number of hydrogen-bond acceptors (Lipinski definition) is 5. The highest BCUT2D eigenvalue weighted by atomic mass is 32.2. The summed E-state index contributed by atoms with van der Waals surface area (Å²) in [6.45, 7) is 3.98. The Hall–Kier alpha value is -1.73. The number of aromatic amines is 1. The van der Waals surface area contributed by atoms with E-state index in [1.807, 2.05) is 25.1 Å². The van der Waals surface area contributed by atoms with Gasteiger partial charge in [-0.2, -0.15) is 0 Å². The van der Waals surface area contributed by atoms with E-state index in [1.54, 1.807) is 7.11 Å². The van der Waals surface area contributed by atoms with Crippen LogP contribution < -0.4 is 10.1 Å². The van der Waals surface area contributed by atoms with Crippen molar-refractivity contribution in [3.63, 3.8) is 0 Å². The van der Waals surface area contributed by atoms with Crippen LogP contribution in [0.4, 0.5) is 0 Å². The normalized spacial score (nSPS) is 10.8. The molecule has 0 aliphatic heterocycles. The molecule has 0 spiro atoms. The molecule has 1 heterocycles. The van der Waals surface area contributed by atoms with Crippen molar-refractivity contribution in [2.24, 2.45) is 0 Å². The van der Waals surface area contributed by atoms with Crippen molar-refractivity contribution in [1.82, 2.24) is 15.3 Å². The number of H-pyrrole nitrogens is 1. The number of ether oxygens (including phenoxy) is 2. The predicted molar refractivity (Wildman–Crippen MR) is 87.5 cm³/mol. The van der Waals surface area contributed by atoms with Crippen molar-refractivity contribution in [2.75, 3.05) is 32.6 Å². The molecule has 120 valence electrons. The summed E-state index contributed by atoms with van der Waals surface area (Å²) >= 11 is 1.39. The fourth-order valence-electron chi connectivity index (χ4n) is 1.89. The monoisotopic (exact) mass is 323 g/mol. The Morgan fingerprint density at radius 3 is 3.09 bits per heavy atom. The summed E-state index contributed by atoms with van der Waals surface area (Å²) in [6, 6.07) is 5.64. The van der Waals surface area contributed by atoms with Crippen LogP contribution >= 0.6 is 11.8 Å². The van der Waals surface area contributed by atoms with E-state index in [4.69, 9.17) is 9.47 Å². The minimum Gasteiger partial charge on any atom is -0.497 e. The molecule has 1 aromatic carbocycles. The second-order valence-corrected chi connectivity index (χ2v) is 5.58. The van der Waals surface area contributed by atoms with Gasteiger partial charge in [0.05, 0.1) is 23.9 Å². The first-order valence-electron chi connectivity index (χ1n) is 7.24. The van der Waals surface area contributed by atoms with Gasteiger partial charge in [-0.25, -0.2) is 4.98 Å². The molecule has 2 aromatic rings. The molecule has 7 heteroatoms. The van der Waals surface area contributed by atoms with Crippen molar-refractivity contribution in [1.29, 1.82) is 0 Å². The number of fused-ring (bicyclic) bond motifs is 1. The molecule has 1 aromatic heterocycles. The van der Waals surface area contributed by atoms with Crippen molar-refractivity contribution >= 4 is 28.7 Å². The molecular weight excluding hydrogens is 302 g/mol. The third kappa shape index (κ3) is 4.92. The number of carbonyl (C=O) groups excluding carboxylic acids is 1. The fraction of sp³-hybridized carbons (Fsp3) is 0.467. The van der Waals surface area contributed by atoms with Crippen LogP contribution in [0.2, 0.25) is 0 Å². The number of thioether (sulfide) groups is 1. The fourth-order valence-corrected chi connectivity index (χ4v) is 2.61. The van der Waals surface area contributed by atoms with Crippen LogP contribution in [0.5, 0.6) is 5.75 Å². The van der Waals surface area contributed by atoms with Crippen molar-refractivity contribution in [3.8, 4) is 5.75 Å². The quantitative estimate of drug-likeness (QED) is 0.546. The van der Waals surface area contributed by atoms with E-state index in [0.29, 0.717) is 25.5 Å². The summed E-state index contributed by atoms with van der Waals surface area (Å²) < 4.78 is 10.4. The Morgan fingerprint density at radius 2 is 2.32 bits per heavy atom. The van der Waals surface area contributed by atoms with E-state index in [2.05, 4.69) is 15.3 Å². The lowest BCUT2D eigenvalue weighted by molar-refractivity contribution is -0.118. The van der Waals surface area contributed by atoms with Gasteiger partial charge in [-0.3, -0.25) is 4.79 Å². The number of nitrogens with zero attached hydrogens (tertiary/aromatic N) is 1. The number of methoxy groups -OCH3 is 1. The van der Waals surface area contributed by atoms with Gasteiger partial charge in [0.1, 0.15) is 5.75 Å². The maximum atomic E-state index is 11.7. The first kappa shape index (κ1) is 16.6. The lowest BCUT2D eigenvalue weighted by atomic mass is 10.3. The van der Waals surface area contributed by atoms with Crippen LogP contribution in [0.3, 0.4) is 0 Å². The van der Waals surface area contributed by atoms with Gasteiger partial charge in [0.2, 0.25) is 5.91 Å². The molecule has 0 bridgehead atoms. The Balaban J connectivity index is 1.77. The Morgan fingerprint density at radius 1 is 1.45 bits per heavy atom. The molecule has 0 radical (unpaired) electrons. The van der Waals surface area contributed by atoms with Crippen LogP contribution in [0.25, 0.3) is 11.0 Å². The summed E-state index contributed by atoms with van der Waals surface area (Å²) in [7, 11) is 1.63. The molecule has 0 saturated heterocycles. The highest BCUT2D eigenvalue weighted by Crippen LogP contribution is 2.22. The lowest BCUT2D eigenvalue weighted by Crippen LogP contribution is -2.26. The second-order valence-electron chi connectivity index (χ2n) is 4.61. The zero-order valence-electron chi connectivity index (χ0n) is 12.8. The average molecular weight is 323 g/mol. The third-order valence-electron chi connectivity index (χ3n) is 3.00. The summed E-state index contributed by atoms with van der Waals surface area (Å²) in [6.07, 6.45) is 0.828. The maximum absolute atomic E-state index is 11.7. The minimum atomic E-state index is -0.000430. The maximum Gasteiger partial charge on any atom is 0.230 e. The second kappa shape index (κ2) is 8.65. The van der Waals surface area contributed by atoms with E-state index in [-0.39, 0.29) is 5.91 Å². The Bertz CT molecular complexity index is 615. The summed E-state index contributed by atoms with van der Waals surface area (Å²) in [5.74, 6) is 1.12. The topological polar surface area (TPSA) is 76.2 Å². The average Bonchev–Trinajstić information content (AvgIpc) is 2.94. The minimum absolute atomic E-state index is 0.000430. The largest absolute Gasteiger partial charge is 0.497 e. The highest BCUT2D eigenvalue weighted by molar-refractivity contribution is 7.99. The number of hydrogen-bond donors (Lipinski definition) is 2. The summed E-state index contributed by atoms with van der Waals surface area (Å²) in [5.41, 5.74) is 1.76. The molecule has 22 heavy (non-hydrogen) atoms. The highest BCUT2D eigenvalue weighted by Gasteiger charge is 2.07. The number of rotatable bonds is 9. The van der Waals surface area contributed by atoms with Gasteiger partial charge in [0.15, 0.2) is 5.16 Å². The van der Waals surface area contributed by atoms with Crippen LogP contribution in [0.1, 0.15) is 13.3 Å². The van der Waals surface area contributed by atoms with E-state index in [0.717, 1.165) is 28.4 Å². The zero-order valence-corrected chi connectivity index (χ0v) is 13.7. The SMILES string of the molecule is CCOCCCNC(=O)CSc1nc2ccc(OC)cc2[nH]1. The molecule has 1 amide bonds.